The molecule has 0 spiro atoms. The van der Waals surface area contributed by atoms with Gasteiger partial charge in [0.1, 0.15) is 5.75 Å². The summed E-state index contributed by atoms with van der Waals surface area (Å²) in [5, 5.41) is 3.11. The van der Waals surface area contributed by atoms with Crippen LogP contribution in [-0.2, 0) is 20.7 Å². The van der Waals surface area contributed by atoms with E-state index < -0.39 is 0 Å². The monoisotopic (exact) mass is 502 g/mol. The number of methoxy groups -OCH3 is 1. The minimum Gasteiger partial charge on any atom is -0.467 e. The van der Waals surface area contributed by atoms with Crippen molar-refractivity contribution in [2.24, 2.45) is 0 Å². The Morgan fingerprint density at radius 1 is 0.882 bits per heavy atom. The first kappa shape index (κ1) is 29.3. The Morgan fingerprint density at radius 2 is 1.47 bits per heavy atom. The fourth-order valence-corrected chi connectivity index (χ4v) is 8.04. The van der Waals surface area contributed by atoms with Crippen LogP contribution in [0.2, 0.25) is 0 Å². The van der Waals surface area contributed by atoms with E-state index in [4.69, 9.17) is 9.47 Å². The van der Waals surface area contributed by atoms with Gasteiger partial charge in [-0.1, -0.05) is 102 Å². The zero-order valence-corrected chi connectivity index (χ0v) is 25.7. The van der Waals surface area contributed by atoms with E-state index in [1.807, 2.05) is 0 Å². The molecule has 0 saturated carbocycles. The summed E-state index contributed by atoms with van der Waals surface area (Å²) in [6.07, 6.45) is 2.14. The maximum absolute atomic E-state index is 6.45. The van der Waals surface area contributed by atoms with Gasteiger partial charge in [-0.3, -0.25) is 0 Å². The van der Waals surface area contributed by atoms with Crippen molar-refractivity contribution in [2.75, 3.05) is 27.2 Å². The van der Waals surface area contributed by atoms with Crippen LogP contribution < -0.4 is 15.3 Å². The second kappa shape index (κ2) is 11.4. The molecule has 1 unspecified atom stereocenters. The van der Waals surface area contributed by atoms with Gasteiger partial charge in [0, 0.05) is 23.4 Å². The molecule has 0 radical (unpaired) electrons. The highest BCUT2D eigenvalue weighted by Gasteiger charge is 2.37. The molecule has 190 valence electrons. The summed E-state index contributed by atoms with van der Waals surface area (Å²) in [5.74, 6) is 1.03. The molecule has 2 nitrogen and oxygen atoms in total. The predicted octanol–water partition coefficient (Wildman–Crippen LogP) is 7.96. The summed E-state index contributed by atoms with van der Waals surface area (Å²) in [5.41, 5.74) is 5.45. The van der Waals surface area contributed by atoms with Crippen LogP contribution >= 0.6 is 16.5 Å². The summed E-state index contributed by atoms with van der Waals surface area (Å²) in [7, 11) is 2.22. The van der Waals surface area contributed by atoms with Crippen LogP contribution in [0, 0.1) is 6.92 Å². The Labute approximate surface area is 213 Å². The quantitative estimate of drug-likeness (QED) is 0.256. The van der Waals surface area contributed by atoms with Gasteiger partial charge >= 0.3 is 0 Å². The molecule has 0 saturated heterocycles. The molecule has 34 heavy (non-hydrogen) atoms. The first-order valence-electron chi connectivity index (χ1n) is 12.6. The van der Waals surface area contributed by atoms with Crippen molar-refractivity contribution >= 4 is 27.1 Å². The Balaban J connectivity index is 2.92. The van der Waals surface area contributed by atoms with E-state index in [0.29, 0.717) is 8.58 Å². The number of rotatable bonds is 9. The molecule has 2 rings (SSSR count). The molecular weight excluding hydrogens is 454 g/mol. The molecule has 0 fully saturated rings. The normalized spacial score (nSPS) is 13.3. The first-order valence-corrected chi connectivity index (χ1v) is 15.8. The Bertz CT molecular complexity index is 961. The lowest BCUT2D eigenvalue weighted by molar-refractivity contribution is 0.0485. The van der Waals surface area contributed by atoms with Gasteiger partial charge in [0.15, 0.2) is 6.79 Å². The topological polar surface area (TPSA) is 18.5 Å². The van der Waals surface area contributed by atoms with Crippen molar-refractivity contribution in [3.8, 4) is 5.75 Å². The molecule has 0 aliphatic heterocycles. The largest absolute Gasteiger partial charge is 0.467 e. The van der Waals surface area contributed by atoms with Gasteiger partial charge < -0.3 is 9.47 Å². The molecule has 0 bridgehead atoms. The standard InChI is InChI=1S/C30H48O2P2/c1-13-30(14-2,33-27-21(3)16-15-17-25(27)34(11)12)24-19-22(28(4,5)6)18-23(29(7,8)9)26(24)32-20-31-10/h15-19,33H,13-14,20H2,1-12H3. The zero-order valence-electron chi connectivity index (χ0n) is 23.8. The second-order valence-electron chi connectivity index (χ2n) is 11.7. The maximum atomic E-state index is 6.45. The van der Waals surface area contributed by atoms with E-state index in [0.717, 1.165) is 18.6 Å². The molecule has 2 aromatic carbocycles. The number of benzene rings is 2. The number of hydrogen-bond acceptors (Lipinski definition) is 2. The SMILES string of the molecule is CCC(CC)(Pc1c(C)cccc1P(C)C)c1cc(C(C)(C)C)cc(C(C)(C)C)c1OCOC. The fraction of sp³-hybridized carbons (Fsp3) is 0.600. The van der Waals surface area contributed by atoms with Crippen LogP contribution in [0.3, 0.4) is 0 Å². The highest BCUT2D eigenvalue weighted by Crippen LogP contribution is 2.53. The molecule has 0 amide bonds. The predicted molar refractivity (Wildman–Crippen MR) is 156 cm³/mol. The molecule has 0 aromatic heterocycles. The van der Waals surface area contributed by atoms with Gasteiger partial charge in [-0.2, -0.15) is 0 Å². The highest BCUT2D eigenvalue weighted by atomic mass is 31.1. The van der Waals surface area contributed by atoms with Crippen LogP contribution in [0.25, 0.3) is 0 Å². The Hall–Kier alpha value is -0.940. The van der Waals surface area contributed by atoms with Crippen molar-refractivity contribution in [3.05, 3.63) is 52.6 Å². The van der Waals surface area contributed by atoms with E-state index in [9.17, 15) is 0 Å². The Kier molecular flexibility index (Phi) is 9.83. The summed E-state index contributed by atoms with van der Waals surface area (Å²) < 4.78 is 11.9. The molecule has 0 aliphatic rings. The van der Waals surface area contributed by atoms with Gasteiger partial charge in [0.2, 0.25) is 0 Å². The maximum Gasteiger partial charge on any atom is 0.188 e. The smallest absolute Gasteiger partial charge is 0.188 e. The number of hydrogen-bond donors (Lipinski definition) is 0. The molecule has 1 atom stereocenters. The van der Waals surface area contributed by atoms with Gasteiger partial charge in [-0.05, 0) is 65.7 Å². The number of ether oxygens (including phenoxy) is 2. The van der Waals surface area contributed by atoms with Crippen LogP contribution in [-0.4, -0.2) is 27.2 Å². The lowest BCUT2D eigenvalue weighted by Crippen LogP contribution is -2.31. The van der Waals surface area contributed by atoms with E-state index >= 15 is 0 Å². The number of aryl methyl sites for hydroxylation is 1. The van der Waals surface area contributed by atoms with Gasteiger partial charge in [0.25, 0.3) is 0 Å². The summed E-state index contributed by atoms with van der Waals surface area (Å²) in [6.45, 7) is 25.8. The van der Waals surface area contributed by atoms with E-state index in [1.54, 1.807) is 17.7 Å². The van der Waals surface area contributed by atoms with E-state index in [1.165, 1.54) is 22.3 Å². The zero-order chi connectivity index (χ0) is 25.9. The van der Waals surface area contributed by atoms with Crippen LogP contribution in [0.15, 0.2) is 30.3 Å². The third-order valence-corrected chi connectivity index (χ3v) is 10.8. The Morgan fingerprint density at radius 3 is 1.94 bits per heavy atom. The van der Waals surface area contributed by atoms with Crippen LogP contribution in [0.1, 0.15) is 90.5 Å². The third-order valence-electron chi connectivity index (χ3n) is 6.90. The lowest BCUT2D eigenvalue weighted by Gasteiger charge is -2.39. The van der Waals surface area contributed by atoms with Gasteiger partial charge in [-0.25, -0.2) is 0 Å². The van der Waals surface area contributed by atoms with Crippen molar-refractivity contribution in [2.45, 2.75) is 91.1 Å². The van der Waals surface area contributed by atoms with Crippen molar-refractivity contribution < 1.29 is 9.47 Å². The molecule has 0 heterocycles. The summed E-state index contributed by atoms with van der Waals surface area (Å²) in [6, 6.07) is 11.7. The minimum atomic E-state index is -0.175. The van der Waals surface area contributed by atoms with Crippen molar-refractivity contribution in [1.82, 2.24) is 0 Å². The average Bonchev–Trinajstić information content (AvgIpc) is 2.75. The minimum absolute atomic E-state index is 0.0105. The second-order valence-corrected chi connectivity index (χ2v) is 15.7. The van der Waals surface area contributed by atoms with Crippen LogP contribution in [0.4, 0.5) is 0 Å². The lowest BCUT2D eigenvalue weighted by atomic mass is 9.76. The van der Waals surface area contributed by atoms with Gasteiger partial charge in [-0.15, -0.1) is 0 Å². The molecule has 4 heteroatoms. The highest BCUT2D eigenvalue weighted by molar-refractivity contribution is 7.66. The molecule has 0 aliphatic carbocycles. The molecule has 0 N–H and O–H groups in total. The van der Waals surface area contributed by atoms with Crippen molar-refractivity contribution in [3.63, 3.8) is 0 Å². The third kappa shape index (κ3) is 6.43. The molecular formula is C30H48O2P2. The van der Waals surface area contributed by atoms with Gasteiger partial charge in [0.05, 0.1) is 0 Å². The molecule has 2 aromatic rings. The first-order chi connectivity index (χ1) is 15.7. The average molecular weight is 503 g/mol. The fourth-order valence-electron chi connectivity index (χ4n) is 4.55. The van der Waals surface area contributed by atoms with Crippen LogP contribution in [0.5, 0.6) is 5.75 Å². The summed E-state index contributed by atoms with van der Waals surface area (Å²) in [4.78, 5) is 0. The van der Waals surface area contributed by atoms with E-state index in [-0.39, 0.29) is 30.7 Å². The van der Waals surface area contributed by atoms with Crippen molar-refractivity contribution in [1.29, 1.82) is 0 Å². The van der Waals surface area contributed by atoms with E-state index in [2.05, 4.69) is 106 Å². The summed E-state index contributed by atoms with van der Waals surface area (Å²) >= 11 is 0.